The molecule has 0 spiro atoms. The summed E-state index contributed by atoms with van der Waals surface area (Å²) in [6, 6.07) is 4.27. The number of nitrogens with two attached hydrogens (primary N) is 1. The smallest absolute Gasteiger partial charge is 0.251 e. The van der Waals surface area contributed by atoms with Crippen molar-refractivity contribution in [1.82, 2.24) is 5.32 Å². The SMILES string of the molecule is CC(NC(=O)c1ccc(Cl)c(Cl)c1)C(N)=S. The van der Waals surface area contributed by atoms with E-state index < -0.39 is 0 Å². The Labute approximate surface area is 109 Å². The second-order valence-corrected chi connectivity index (χ2v) is 4.51. The fourth-order valence-corrected chi connectivity index (χ4v) is 1.35. The van der Waals surface area contributed by atoms with Gasteiger partial charge in [-0.3, -0.25) is 4.79 Å². The molecule has 0 saturated heterocycles. The number of hydrogen-bond acceptors (Lipinski definition) is 2. The van der Waals surface area contributed by atoms with E-state index in [1.54, 1.807) is 19.1 Å². The van der Waals surface area contributed by atoms with Crippen molar-refractivity contribution in [3.05, 3.63) is 33.8 Å². The van der Waals surface area contributed by atoms with Crippen molar-refractivity contribution >= 4 is 46.3 Å². The normalized spacial score (nSPS) is 11.9. The van der Waals surface area contributed by atoms with Crippen LogP contribution in [0, 0.1) is 0 Å². The molecular weight excluding hydrogens is 267 g/mol. The number of carbonyl (C=O) groups excluding carboxylic acids is 1. The summed E-state index contributed by atoms with van der Waals surface area (Å²) in [7, 11) is 0. The molecule has 86 valence electrons. The van der Waals surface area contributed by atoms with Gasteiger partial charge in [-0.1, -0.05) is 35.4 Å². The van der Waals surface area contributed by atoms with Gasteiger partial charge >= 0.3 is 0 Å². The van der Waals surface area contributed by atoms with E-state index in [0.29, 0.717) is 15.6 Å². The van der Waals surface area contributed by atoms with Crippen LogP contribution < -0.4 is 11.1 Å². The summed E-state index contributed by atoms with van der Waals surface area (Å²) in [4.78, 5) is 11.9. The summed E-state index contributed by atoms with van der Waals surface area (Å²) in [6.45, 7) is 1.71. The van der Waals surface area contributed by atoms with Crippen LogP contribution in [-0.2, 0) is 0 Å². The van der Waals surface area contributed by atoms with Gasteiger partial charge in [0.15, 0.2) is 0 Å². The summed E-state index contributed by atoms with van der Waals surface area (Å²) < 4.78 is 0. The van der Waals surface area contributed by atoms with Crippen molar-refractivity contribution in [3.63, 3.8) is 0 Å². The Hall–Kier alpha value is -0.840. The molecule has 1 unspecified atom stereocenters. The first-order valence-electron chi connectivity index (χ1n) is 4.47. The molecule has 16 heavy (non-hydrogen) atoms. The van der Waals surface area contributed by atoms with Crippen LogP contribution in [0.5, 0.6) is 0 Å². The molecule has 1 aromatic rings. The summed E-state index contributed by atoms with van der Waals surface area (Å²) in [5.41, 5.74) is 5.80. The first-order chi connectivity index (χ1) is 7.41. The number of benzene rings is 1. The maximum atomic E-state index is 11.7. The van der Waals surface area contributed by atoms with Crippen molar-refractivity contribution in [2.45, 2.75) is 13.0 Å². The summed E-state index contributed by atoms with van der Waals surface area (Å²) in [5.74, 6) is -0.293. The van der Waals surface area contributed by atoms with Gasteiger partial charge in [0.2, 0.25) is 0 Å². The molecule has 0 bridgehead atoms. The minimum atomic E-state index is -0.364. The first kappa shape index (κ1) is 13.2. The first-order valence-corrected chi connectivity index (χ1v) is 5.63. The predicted octanol–water partition coefficient (Wildman–Crippen LogP) is 2.40. The molecule has 0 radical (unpaired) electrons. The molecule has 6 heteroatoms. The Morgan fingerprint density at radius 2 is 2.06 bits per heavy atom. The number of nitrogens with one attached hydrogen (secondary N) is 1. The highest BCUT2D eigenvalue weighted by Crippen LogP contribution is 2.22. The maximum Gasteiger partial charge on any atom is 0.251 e. The number of amides is 1. The van der Waals surface area contributed by atoms with E-state index in [-0.39, 0.29) is 16.9 Å². The van der Waals surface area contributed by atoms with Crippen LogP contribution >= 0.6 is 35.4 Å². The third-order valence-corrected chi connectivity index (χ3v) is 3.05. The maximum absolute atomic E-state index is 11.7. The van der Waals surface area contributed by atoms with Gasteiger partial charge in [0.25, 0.3) is 5.91 Å². The molecule has 0 heterocycles. The minimum absolute atomic E-state index is 0.230. The summed E-state index contributed by atoms with van der Waals surface area (Å²) in [5, 5.41) is 3.37. The standard InChI is InChI=1S/C10H10Cl2N2OS/c1-5(9(13)16)14-10(15)6-2-3-7(11)8(12)4-6/h2-5H,1H3,(H2,13,16)(H,14,15). The fourth-order valence-electron chi connectivity index (χ4n) is 0.988. The molecule has 3 nitrogen and oxygen atoms in total. The monoisotopic (exact) mass is 276 g/mol. The summed E-state index contributed by atoms with van der Waals surface area (Å²) in [6.07, 6.45) is 0. The fraction of sp³-hybridized carbons (Fsp3) is 0.200. The lowest BCUT2D eigenvalue weighted by atomic mass is 10.2. The van der Waals surface area contributed by atoms with Crippen molar-refractivity contribution in [2.24, 2.45) is 5.73 Å². The molecule has 1 amide bonds. The Kier molecular flexibility index (Phi) is 4.53. The van der Waals surface area contributed by atoms with Crippen LogP contribution in [-0.4, -0.2) is 16.9 Å². The van der Waals surface area contributed by atoms with Crippen molar-refractivity contribution in [3.8, 4) is 0 Å². The average Bonchev–Trinajstić information content (AvgIpc) is 2.21. The molecule has 1 aromatic carbocycles. The second-order valence-electron chi connectivity index (χ2n) is 3.23. The molecule has 0 saturated carbocycles. The van der Waals surface area contributed by atoms with E-state index in [0.717, 1.165) is 0 Å². The van der Waals surface area contributed by atoms with Gasteiger partial charge in [0.1, 0.15) is 0 Å². The van der Waals surface area contributed by atoms with E-state index in [1.807, 2.05) is 0 Å². The Morgan fingerprint density at radius 1 is 1.44 bits per heavy atom. The number of hydrogen-bond donors (Lipinski definition) is 2. The van der Waals surface area contributed by atoms with Gasteiger partial charge in [0.05, 0.1) is 21.1 Å². The van der Waals surface area contributed by atoms with Crippen LogP contribution in [0.1, 0.15) is 17.3 Å². The predicted molar refractivity (Wildman–Crippen MR) is 70.2 cm³/mol. The minimum Gasteiger partial charge on any atom is -0.392 e. The van der Waals surface area contributed by atoms with E-state index in [2.05, 4.69) is 5.32 Å². The number of halogens is 2. The van der Waals surface area contributed by atoms with Crippen LogP contribution in [0.2, 0.25) is 10.0 Å². The highest BCUT2D eigenvalue weighted by atomic mass is 35.5. The third kappa shape index (κ3) is 3.33. The van der Waals surface area contributed by atoms with Gasteiger partial charge in [-0.25, -0.2) is 0 Å². The Morgan fingerprint density at radius 3 is 2.56 bits per heavy atom. The third-order valence-electron chi connectivity index (χ3n) is 1.96. The molecule has 3 N–H and O–H groups in total. The lowest BCUT2D eigenvalue weighted by molar-refractivity contribution is 0.0949. The summed E-state index contributed by atoms with van der Waals surface area (Å²) >= 11 is 16.3. The van der Waals surface area contributed by atoms with E-state index >= 15 is 0 Å². The quantitative estimate of drug-likeness (QED) is 0.834. The molecule has 0 fully saturated rings. The zero-order valence-electron chi connectivity index (χ0n) is 8.46. The Bertz CT molecular complexity index is 437. The van der Waals surface area contributed by atoms with Gasteiger partial charge < -0.3 is 11.1 Å². The zero-order chi connectivity index (χ0) is 12.3. The van der Waals surface area contributed by atoms with Crippen molar-refractivity contribution < 1.29 is 4.79 Å². The lowest BCUT2D eigenvalue weighted by Gasteiger charge is -2.12. The molecule has 0 aliphatic rings. The van der Waals surface area contributed by atoms with Crippen LogP contribution in [0.15, 0.2) is 18.2 Å². The number of rotatable bonds is 3. The van der Waals surface area contributed by atoms with E-state index in [1.165, 1.54) is 6.07 Å². The topological polar surface area (TPSA) is 55.1 Å². The van der Waals surface area contributed by atoms with Crippen LogP contribution in [0.4, 0.5) is 0 Å². The van der Waals surface area contributed by atoms with Gasteiger partial charge in [0, 0.05) is 5.56 Å². The van der Waals surface area contributed by atoms with Gasteiger partial charge in [-0.15, -0.1) is 0 Å². The molecule has 0 aliphatic carbocycles. The number of thiocarbonyl (C=S) groups is 1. The lowest BCUT2D eigenvalue weighted by Crippen LogP contribution is -2.41. The molecule has 0 aromatic heterocycles. The van der Waals surface area contributed by atoms with E-state index in [4.69, 9.17) is 41.2 Å². The average molecular weight is 277 g/mol. The van der Waals surface area contributed by atoms with Crippen LogP contribution in [0.25, 0.3) is 0 Å². The Balaban J connectivity index is 2.81. The molecule has 0 aliphatic heterocycles. The van der Waals surface area contributed by atoms with Gasteiger partial charge in [-0.2, -0.15) is 0 Å². The second kappa shape index (κ2) is 5.48. The number of carbonyl (C=O) groups is 1. The largest absolute Gasteiger partial charge is 0.392 e. The van der Waals surface area contributed by atoms with E-state index in [9.17, 15) is 4.79 Å². The zero-order valence-corrected chi connectivity index (χ0v) is 10.8. The van der Waals surface area contributed by atoms with Gasteiger partial charge in [-0.05, 0) is 25.1 Å². The molecular formula is C10H10Cl2N2OS. The van der Waals surface area contributed by atoms with Crippen LogP contribution in [0.3, 0.4) is 0 Å². The molecule has 1 atom stereocenters. The van der Waals surface area contributed by atoms with Crippen molar-refractivity contribution in [2.75, 3.05) is 0 Å². The molecule has 1 rings (SSSR count). The van der Waals surface area contributed by atoms with Crippen molar-refractivity contribution in [1.29, 1.82) is 0 Å². The highest BCUT2D eigenvalue weighted by molar-refractivity contribution is 7.80. The highest BCUT2D eigenvalue weighted by Gasteiger charge is 2.12.